The van der Waals surface area contributed by atoms with E-state index < -0.39 is 5.97 Å². The molecule has 0 aliphatic rings. The Morgan fingerprint density at radius 2 is 2.10 bits per heavy atom. The average Bonchev–Trinajstić information content (AvgIpc) is 2.86. The summed E-state index contributed by atoms with van der Waals surface area (Å²) in [5, 5.41) is 18.5. The van der Waals surface area contributed by atoms with Gasteiger partial charge in [-0.2, -0.15) is 11.8 Å². The Morgan fingerprint density at radius 3 is 2.75 bits per heavy atom. The van der Waals surface area contributed by atoms with Crippen molar-refractivity contribution in [2.75, 3.05) is 18.6 Å². The third kappa shape index (κ3) is 6.55. The van der Waals surface area contributed by atoms with E-state index in [1.54, 1.807) is 0 Å². The standard InChI is InChI=1S/C12H20N4O3S/c1-20-7-5-3-2-4-6-13-11(17)9-16-8-10(12(18)19)14-15-16/h8H,2-7,9H2,1H3,(H,13,17)(H,18,19). The molecule has 1 aromatic rings. The highest BCUT2D eigenvalue weighted by atomic mass is 32.2. The van der Waals surface area contributed by atoms with Crippen LogP contribution in [0.15, 0.2) is 6.20 Å². The molecule has 0 atom stereocenters. The van der Waals surface area contributed by atoms with Crippen LogP contribution in [-0.2, 0) is 11.3 Å². The van der Waals surface area contributed by atoms with Gasteiger partial charge >= 0.3 is 5.97 Å². The summed E-state index contributed by atoms with van der Waals surface area (Å²) in [6.07, 6.45) is 7.80. The van der Waals surface area contributed by atoms with E-state index in [4.69, 9.17) is 5.11 Å². The van der Waals surface area contributed by atoms with Gasteiger partial charge in [0.1, 0.15) is 6.54 Å². The molecule has 20 heavy (non-hydrogen) atoms. The molecule has 2 N–H and O–H groups in total. The van der Waals surface area contributed by atoms with Crippen LogP contribution in [0.5, 0.6) is 0 Å². The largest absolute Gasteiger partial charge is 0.476 e. The van der Waals surface area contributed by atoms with Gasteiger partial charge in [0, 0.05) is 6.54 Å². The van der Waals surface area contributed by atoms with E-state index in [0.29, 0.717) is 6.54 Å². The second-order valence-electron chi connectivity index (χ2n) is 4.36. The van der Waals surface area contributed by atoms with E-state index in [2.05, 4.69) is 21.9 Å². The van der Waals surface area contributed by atoms with Crippen molar-refractivity contribution in [3.63, 3.8) is 0 Å². The van der Waals surface area contributed by atoms with Crippen molar-refractivity contribution < 1.29 is 14.7 Å². The molecule has 0 fully saturated rings. The zero-order chi connectivity index (χ0) is 14.8. The molecular formula is C12H20N4O3S. The molecule has 8 heteroatoms. The summed E-state index contributed by atoms with van der Waals surface area (Å²) in [5.74, 6) is -0.150. The fraction of sp³-hybridized carbons (Fsp3) is 0.667. The minimum absolute atomic E-state index is 0.00719. The lowest BCUT2D eigenvalue weighted by atomic mass is 10.2. The van der Waals surface area contributed by atoms with Gasteiger partial charge in [-0.1, -0.05) is 18.1 Å². The van der Waals surface area contributed by atoms with Crippen LogP contribution in [0.2, 0.25) is 0 Å². The van der Waals surface area contributed by atoms with Crippen molar-refractivity contribution >= 4 is 23.6 Å². The van der Waals surface area contributed by atoms with Gasteiger partial charge in [-0.15, -0.1) is 5.10 Å². The summed E-state index contributed by atoms with van der Waals surface area (Å²) in [6, 6.07) is 0. The summed E-state index contributed by atoms with van der Waals surface area (Å²) in [5.41, 5.74) is -0.161. The maximum Gasteiger partial charge on any atom is 0.358 e. The van der Waals surface area contributed by atoms with E-state index in [9.17, 15) is 9.59 Å². The second kappa shape index (κ2) is 9.35. The van der Waals surface area contributed by atoms with E-state index in [1.165, 1.54) is 29.5 Å². The number of aromatic nitrogens is 3. The molecule has 0 bridgehead atoms. The van der Waals surface area contributed by atoms with Crippen molar-refractivity contribution in [2.24, 2.45) is 0 Å². The van der Waals surface area contributed by atoms with Gasteiger partial charge in [-0.25, -0.2) is 9.48 Å². The number of carbonyl (C=O) groups is 2. The first-order chi connectivity index (χ1) is 9.63. The Labute approximate surface area is 122 Å². The molecule has 0 aromatic carbocycles. The minimum atomic E-state index is -1.15. The first-order valence-electron chi connectivity index (χ1n) is 6.52. The van der Waals surface area contributed by atoms with Crippen molar-refractivity contribution in [2.45, 2.75) is 32.2 Å². The van der Waals surface area contributed by atoms with Crippen LogP contribution in [0.3, 0.4) is 0 Å². The monoisotopic (exact) mass is 300 g/mol. The molecule has 112 valence electrons. The Hall–Kier alpha value is -1.57. The maximum absolute atomic E-state index is 11.6. The molecular weight excluding hydrogens is 280 g/mol. The molecule has 0 saturated heterocycles. The lowest BCUT2D eigenvalue weighted by Crippen LogP contribution is -2.28. The molecule has 1 amide bonds. The van der Waals surface area contributed by atoms with Crippen LogP contribution < -0.4 is 5.32 Å². The number of thioether (sulfide) groups is 1. The molecule has 0 aliphatic heterocycles. The van der Waals surface area contributed by atoms with Crippen molar-refractivity contribution in [1.82, 2.24) is 20.3 Å². The van der Waals surface area contributed by atoms with Crippen LogP contribution in [0, 0.1) is 0 Å². The molecule has 1 rings (SSSR count). The molecule has 1 aromatic heterocycles. The maximum atomic E-state index is 11.6. The Balaban J connectivity index is 2.12. The van der Waals surface area contributed by atoms with Crippen molar-refractivity contribution in [3.8, 4) is 0 Å². The van der Waals surface area contributed by atoms with Gasteiger partial charge in [0.05, 0.1) is 6.20 Å². The SMILES string of the molecule is CSCCCCCCNC(=O)Cn1cc(C(=O)O)nn1. The number of nitrogens with zero attached hydrogens (tertiary/aromatic N) is 3. The van der Waals surface area contributed by atoms with Crippen LogP contribution in [-0.4, -0.2) is 50.5 Å². The zero-order valence-electron chi connectivity index (χ0n) is 11.5. The summed E-state index contributed by atoms with van der Waals surface area (Å²) >= 11 is 1.85. The molecule has 7 nitrogen and oxygen atoms in total. The lowest BCUT2D eigenvalue weighted by Gasteiger charge is -2.04. The van der Waals surface area contributed by atoms with Gasteiger partial charge in [0.15, 0.2) is 5.69 Å². The van der Waals surface area contributed by atoms with Crippen molar-refractivity contribution in [1.29, 1.82) is 0 Å². The second-order valence-corrected chi connectivity index (χ2v) is 5.35. The number of hydrogen-bond donors (Lipinski definition) is 2. The first kappa shape index (κ1) is 16.5. The Kier molecular flexibility index (Phi) is 7.71. The number of unbranched alkanes of at least 4 members (excludes halogenated alkanes) is 3. The van der Waals surface area contributed by atoms with E-state index in [1.807, 2.05) is 11.8 Å². The third-order valence-corrected chi connectivity index (χ3v) is 3.36. The number of nitrogens with one attached hydrogen (secondary N) is 1. The van der Waals surface area contributed by atoms with E-state index in [0.717, 1.165) is 12.8 Å². The fourth-order valence-electron chi connectivity index (χ4n) is 1.63. The number of carboxylic acid groups (broad SMARTS) is 1. The quantitative estimate of drug-likeness (QED) is 0.626. The lowest BCUT2D eigenvalue weighted by molar-refractivity contribution is -0.121. The zero-order valence-corrected chi connectivity index (χ0v) is 12.4. The molecule has 0 spiro atoms. The molecule has 0 radical (unpaired) electrons. The highest BCUT2D eigenvalue weighted by Crippen LogP contribution is 2.03. The van der Waals surface area contributed by atoms with Crippen LogP contribution in [0.1, 0.15) is 36.2 Å². The fourth-order valence-corrected chi connectivity index (χ4v) is 2.12. The summed E-state index contributed by atoms with van der Waals surface area (Å²) in [6.45, 7) is 0.630. The number of carbonyl (C=O) groups excluding carboxylic acids is 1. The molecule has 0 aliphatic carbocycles. The highest BCUT2D eigenvalue weighted by Gasteiger charge is 2.10. The topological polar surface area (TPSA) is 97.1 Å². The predicted octanol–water partition coefficient (Wildman–Crippen LogP) is 1.02. The predicted molar refractivity (Wildman–Crippen MR) is 76.8 cm³/mol. The van der Waals surface area contributed by atoms with E-state index in [-0.39, 0.29) is 18.1 Å². The molecule has 1 heterocycles. The molecule has 0 unspecified atom stereocenters. The van der Waals surface area contributed by atoms with Crippen LogP contribution in [0.25, 0.3) is 0 Å². The van der Waals surface area contributed by atoms with Crippen LogP contribution >= 0.6 is 11.8 Å². The summed E-state index contributed by atoms with van der Waals surface area (Å²) in [7, 11) is 0. The van der Waals surface area contributed by atoms with Crippen molar-refractivity contribution in [3.05, 3.63) is 11.9 Å². The van der Waals surface area contributed by atoms with E-state index >= 15 is 0 Å². The number of amides is 1. The number of hydrogen-bond acceptors (Lipinski definition) is 5. The number of aromatic carboxylic acids is 1. The van der Waals surface area contributed by atoms with Crippen LogP contribution in [0.4, 0.5) is 0 Å². The number of rotatable bonds is 10. The summed E-state index contributed by atoms with van der Waals surface area (Å²) in [4.78, 5) is 22.2. The first-order valence-corrected chi connectivity index (χ1v) is 7.92. The van der Waals surface area contributed by atoms with Gasteiger partial charge in [0.25, 0.3) is 0 Å². The Bertz CT molecular complexity index is 436. The normalized spacial score (nSPS) is 10.4. The summed E-state index contributed by atoms with van der Waals surface area (Å²) < 4.78 is 1.22. The minimum Gasteiger partial charge on any atom is -0.476 e. The highest BCUT2D eigenvalue weighted by molar-refractivity contribution is 7.98. The number of carboxylic acids is 1. The van der Waals surface area contributed by atoms with Gasteiger partial charge in [0.2, 0.25) is 5.91 Å². The average molecular weight is 300 g/mol. The third-order valence-electron chi connectivity index (χ3n) is 2.66. The Morgan fingerprint density at radius 1 is 1.35 bits per heavy atom. The smallest absolute Gasteiger partial charge is 0.358 e. The van der Waals surface area contributed by atoms with Gasteiger partial charge in [-0.3, -0.25) is 4.79 Å². The van der Waals surface area contributed by atoms with Gasteiger partial charge in [-0.05, 0) is 24.9 Å². The van der Waals surface area contributed by atoms with Gasteiger partial charge < -0.3 is 10.4 Å². The molecule has 0 saturated carbocycles.